The summed E-state index contributed by atoms with van der Waals surface area (Å²) >= 11 is 4.92. The minimum Gasteiger partial charge on any atom is -0.335 e. The quantitative estimate of drug-likeness (QED) is 0.757. The van der Waals surface area contributed by atoms with Gasteiger partial charge in [0, 0.05) is 23.5 Å². The summed E-state index contributed by atoms with van der Waals surface area (Å²) in [6.45, 7) is 2.40. The normalized spacial score (nSPS) is 21.4. The van der Waals surface area contributed by atoms with Crippen molar-refractivity contribution in [2.45, 2.75) is 19.4 Å². The van der Waals surface area contributed by atoms with Crippen molar-refractivity contribution >= 4 is 49.1 Å². The highest BCUT2D eigenvalue weighted by molar-refractivity contribution is 9.11. The molecular formula is C13H16BrNO3S2. The maximum atomic E-state index is 12.2. The van der Waals surface area contributed by atoms with E-state index in [0.717, 1.165) is 8.66 Å². The van der Waals surface area contributed by atoms with Crippen molar-refractivity contribution in [1.82, 2.24) is 4.90 Å². The molecule has 1 amide bonds. The lowest BCUT2D eigenvalue weighted by molar-refractivity contribution is -0.127. The van der Waals surface area contributed by atoms with E-state index in [1.165, 1.54) is 6.08 Å². The van der Waals surface area contributed by atoms with E-state index in [1.54, 1.807) is 22.3 Å². The first-order valence-electron chi connectivity index (χ1n) is 6.36. The van der Waals surface area contributed by atoms with Crippen molar-refractivity contribution in [1.29, 1.82) is 0 Å². The van der Waals surface area contributed by atoms with Gasteiger partial charge in [-0.25, -0.2) is 8.42 Å². The average molecular weight is 378 g/mol. The first-order chi connectivity index (χ1) is 9.41. The molecule has 1 aromatic rings. The van der Waals surface area contributed by atoms with E-state index in [2.05, 4.69) is 15.9 Å². The number of carbonyl (C=O) groups is 1. The summed E-state index contributed by atoms with van der Waals surface area (Å²) < 4.78 is 24.0. The van der Waals surface area contributed by atoms with Crippen LogP contribution >= 0.6 is 27.3 Å². The zero-order valence-electron chi connectivity index (χ0n) is 11.1. The van der Waals surface area contributed by atoms with E-state index in [0.29, 0.717) is 13.0 Å². The van der Waals surface area contributed by atoms with Gasteiger partial charge in [-0.3, -0.25) is 4.79 Å². The predicted octanol–water partition coefficient (Wildman–Crippen LogP) is 2.56. The number of sulfone groups is 1. The van der Waals surface area contributed by atoms with Crippen LogP contribution < -0.4 is 0 Å². The van der Waals surface area contributed by atoms with Crippen LogP contribution in [0.3, 0.4) is 0 Å². The summed E-state index contributed by atoms with van der Waals surface area (Å²) in [5.41, 5.74) is 0. The molecule has 20 heavy (non-hydrogen) atoms. The fraction of sp³-hybridized carbons (Fsp3) is 0.462. The molecule has 0 bridgehead atoms. The highest BCUT2D eigenvalue weighted by Gasteiger charge is 2.33. The molecule has 0 aromatic carbocycles. The minimum absolute atomic E-state index is 0.0883. The Labute approximate surface area is 131 Å². The fourth-order valence-electron chi connectivity index (χ4n) is 2.28. The molecule has 7 heteroatoms. The van der Waals surface area contributed by atoms with Gasteiger partial charge in [-0.2, -0.15) is 0 Å². The molecule has 1 aliphatic rings. The second-order valence-corrected chi connectivity index (χ2v) is 9.38. The lowest BCUT2D eigenvalue weighted by atomic mass is 10.2. The second-order valence-electron chi connectivity index (χ2n) is 4.66. The molecule has 0 radical (unpaired) electrons. The van der Waals surface area contributed by atoms with Crippen molar-refractivity contribution in [3.8, 4) is 0 Å². The number of nitrogens with zero attached hydrogens (tertiary/aromatic N) is 1. The van der Waals surface area contributed by atoms with Crippen LogP contribution in [0.2, 0.25) is 0 Å². The zero-order chi connectivity index (χ0) is 14.8. The molecule has 1 saturated heterocycles. The SMILES string of the molecule is CCN(C(=O)/C=C/c1ccc(Br)s1)C1CCS(=O)(=O)C1. The molecule has 110 valence electrons. The molecule has 1 unspecified atom stereocenters. The van der Waals surface area contributed by atoms with Gasteiger partial charge in [-0.15, -0.1) is 11.3 Å². The van der Waals surface area contributed by atoms with Crippen molar-refractivity contribution < 1.29 is 13.2 Å². The number of amides is 1. The lowest BCUT2D eigenvalue weighted by Crippen LogP contribution is -2.39. The largest absolute Gasteiger partial charge is 0.335 e. The minimum atomic E-state index is -2.97. The number of carbonyl (C=O) groups excluding carboxylic acids is 1. The third-order valence-corrected chi connectivity index (χ3v) is 6.60. The first kappa shape index (κ1) is 15.7. The van der Waals surface area contributed by atoms with Gasteiger partial charge in [0.15, 0.2) is 9.84 Å². The zero-order valence-corrected chi connectivity index (χ0v) is 14.3. The molecule has 1 fully saturated rings. The standard InChI is InChI=1S/C13H16BrNO3S2/c1-2-15(10-7-8-20(17,18)9-10)13(16)6-4-11-3-5-12(14)19-11/h3-6,10H,2,7-9H2,1H3/b6-4+. The van der Waals surface area contributed by atoms with Gasteiger partial charge in [-0.1, -0.05) is 0 Å². The van der Waals surface area contributed by atoms with Gasteiger partial charge in [-0.05, 0) is 47.5 Å². The predicted molar refractivity (Wildman–Crippen MR) is 85.5 cm³/mol. The third-order valence-electron chi connectivity index (χ3n) is 3.26. The van der Waals surface area contributed by atoms with Crippen molar-refractivity contribution in [2.24, 2.45) is 0 Å². The number of likely N-dealkylation sites (N-methyl/N-ethyl adjacent to an activating group) is 1. The topological polar surface area (TPSA) is 54.5 Å². The van der Waals surface area contributed by atoms with Crippen molar-refractivity contribution in [3.05, 3.63) is 26.9 Å². The van der Waals surface area contributed by atoms with Crippen LogP contribution in [0.4, 0.5) is 0 Å². The Morgan fingerprint density at radius 2 is 2.30 bits per heavy atom. The lowest BCUT2D eigenvalue weighted by Gasteiger charge is -2.25. The summed E-state index contributed by atoms with van der Waals surface area (Å²) in [6, 6.07) is 3.67. The third kappa shape index (κ3) is 3.93. The van der Waals surface area contributed by atoms with Crippen LogP contribution in [0.25, 0.3) is 6.08 Å². The van der Waals surface area contributed by atoms with Crippen molar-refractivity contribution in [3.63, 3.8) is 0 Å². The molecule has 0 N–H and O–H groups in total. The maximum absolute atomic E-state index is 12.2. The number of hydrogen-bond donors (Lipinski definition) is 0. The number of hydrogen-bond acceptors (Lipinski definition) is 4. The monoisotopic (exact) mass is 377 g/mol. The number of thiophene rings is 1. The summed E-state index contributed by atoms with van der Waals surface area (Å²) in [6.07, 6.45) is 3.83. The molecule has 2 rings (SSSR count). The van der Waals surface area contributed by atoms with Crippen LogP contribution in [0.15, 0.2) is 22.0 Å². The first-order valence-corrected chi connectivity index (χ1v) is 9.79. The highest BCUT2D eigenvalue weighted by Crippen LogP contribution is 2.23. The summed E-state index contributed by atoms with van der Waals surface area (Å²) in [7, 11) is -2.97. The molecule has 0 saturated carbocycles. The molecule has 0 spiro atoms. The van der Waals surface area contributed by atoms with E-state index >= 15 is 0 Å². The summed E-state index contributed by atoms with van der Waals surface area (Å²) in [5, 5.41) is 0. The molecular weight excluding hydrogens is 362 g/mol. The molecule has 0 aliphatic carbocycles. The Balaban J connectivity index is 2.04. The summed E-state index contributed by atoms with van der Waals surface area (Å²) in [4.78, 5) is 14.8. The number of halogens is 1. The van der Waals surface area contributed by atoms with E-state index in [9.17, 15) is 13.2 Å². The molecule has 1 atom stereocenters. The van der Waals surface area contributed by atoms with Gasteiger partial charge >= 0.3 is 0 Å². The molecule has 1 aromatic heterocycles. The van der Waals surface area contributed by atoms with E-state index in [4.69, 9.17) is 0 Å². The van der Waals surface area contributed by atoms with Gasteiger partial charge in [0.05, 0.1) is 15.3 Å². The van der Waals surface area contributed by atoms with Crippen LogP contribution in [-0.4, -0.2) is 43.3 Å². The highest BCUT2D eigenvalue weighted by atomic mass is 79.9. The summed E-state index contributed by atoms with van der Waals surface area (Å²) in [5.74, 6) is 0.146. The van der Waals surface area contributed by atoms with Crippen LogP contribution in [0.5, 0.6) is 0 Å². The Bertz CT molecular complexity index is 621. The van der Waals surface area contributed by atoms with E-state index in [-0.39, 0.29) is 23.5 Å². The van der Waals surface area contributed by atoms with Crippen molar-refractivity contribution in [2.75, 3.05) is 18.1 Å². The maximum Gasteiger partial charge on any atom is 0.246 e. The smallest absolute Gasteiger partial charge is 0.246 e. The molecule has 1 aliphatic heterocycles. The van der Waals surface area contributed by atoms with Crippen LogP contribution in [-0.2, 0) is 14.6 Å². The van der Waals surface area contributed by atoms with Gasteiger partial charge in [0.25, 0.3) is 0 Å². The molecule has 2 heterocycles. The Morgan fingerprint density at radius 1 is 1.55 bits per heavy atom. The Hall–Kier alpha value is -0.660. The fourth-order valence-corrected chi connectivity index (χ4v) is 5.34. The number of rotatable bonds is 4. The molecule has 4 nitrogen and oxygen atoms in total. The van der Waals surface area contributed by atoms with Crippen LogP contribution in [0, 0.1) is 0 Å². The van der Waals surface area contributed by atoms with Gasteiger partial charge in [0.1, 0.15) is 0 Å². The van der Waals surface area contributed by atoms with E-state index in [1.807, 2.05) is 19.1 Å². The Kier molecular flexibility index (Phi) is 5.04. The van der Waals surface area contributed by atoms with E-state index < -0.39 is 9.84 Å². The van der Waals surface area contributed by atoms with Gasteiger partial charge in [0.2, 0.25) is 5.91 Å². The average Bonchev–Trinajstić information content (AvgIpc) is 2.94. The Morgan fingerprint density at radius 3 is 2.80 bits per heavy atom. The van der Waals surface area contributed by atoms with Gasteiger partial charge < -0.3 is 4.90 Å². The van der Waals surface area contributed by atoms with Crippen LogP contribution in [0.1, 0.15) is 18.2 Å². The second kappa shape index (κ2) is 6.41.